The van der Waals surface area contributed by atoms with Crippen LogP contribution in [0.1, 0.15) is 52.2 Å². The lowest BCUT2D eigenvalue weighted by Gasteiger charge is -2.40. The van der Waals surface area contributed by atoms with Gasteiger partial charge in [-0.2, -0.15) is 0 Å². The number of hydrogen-bond acceptors (Lipinski definition) is 4. The van der Waals surface area contributed by atoms with Crippen molar-refractivity contribution in [2.45, 2.75) is 37.6 Å². The van der Waals surface area contributed by atoms with Crippen LogP contribution in [0.3, 0.4) is 0 Å². The van der Waals surface area contributed by atoms with Crippen molar-refractivity contribution in [3.8, 4) is 11.1 Å². The van der Waals surface area contributed by atoms with Crippen molar-refractivity contribution in [2.75, 3.05) is 11.9 Å². The topological polar surface area (TPSA) is 105 Å². The van der Waals surface area contributed by atoms with Gasteiger partial charge in [0.05, 0.1) is 11.3 Å². The number of carbonyl (C=O) groups excluding carboxylic acids is 2. The second-order valence-corrected chi connectivity index (χ2v) is 9.14. The summed E-state index contributed by atoms with van der Waals surface area (Å²) in [6, 6.07) is 21.1. The fraction of sp³-hybridized carbons (Fsp3) is 0.250. The summed E-state index contributed by atoms with van der Waals surface area (Å²) in [6.45, 7) is 1.83. The maximum Gasteiger partial charge on any atom is 0.408 e. The minimum Gasteiger partial charge on any atom is -0.478 e. The third-order valence-electron chi connectivity index (χ3n) is 7.06. The number of carbonyl (C=O) groups is 3. The highest BCUT2D eigenvalue weighted by Gasteiger charge is 2.46. The summed E-state index contributed by atoms with van der Waals surface area (Å²) in [5.74, 6) is -1.64. The number of fused-ring (bicyclic) bond motifs is 3. The molecule has 0 spiro atoms. The number of carboxylic acids is 1. The van der Waals surface area contributed by atoms with Crippen LogP contribution in [0.15, 0.2) is 66.7 Å². The maximum absolute atomic E-state index is 13.2. The summed E-state index contributed by atoms with van der Waals surface area (Å²) in [5.41, 5.74) is 4.17. The van der Waals surface area contributed by atoms with Gasteiger partial charge >= 0.3 is 12.1 Å². The normalized spacial score (nSPS) is 15.3. The van der Waals surface area contributed by atoms with Gasteiger partial charge < -0.3 is 20.5 Å². The lowest BCUT2D eigenvalue weighted by Crippen LogP contribution is -2.61. The van der Waals surface area contributed by atoms with Gasteiger partial charge in [-0.25, -0.2) is 9.59 Å². The van der Waals surface area contributed by atoms with E-state index in [0.717, 1.165) is 28.7 Å². The number of carboxylic acid groups (broad SMARTS) is 1. The van der Waals surface area contributed by atoms with Crippen LogP contribution in [0, 0.1) is 6.92 Å². The van der Waals surface area contributed by atoms with Crippen LogP contribution in [0.4, 0.5) is 10.5 Å². The molecule has 178 valence electrons. The van der Waals surface area contributed by atoms with Crippen molar-refractivity contribution in [1.82, 2.24) is 5.32 Å². The van der Waals surface area contributed by atoms with E-state index in [1.807, 2.05) is 36.4 Å². The Morgan fingerprint density at radius 1 is 0.943 bits per heavy atom. The number of aromatic carboxylic acids is 1. The molecule has 1 saturated carbocycles. The predicted molar refractivity (Wildman–Crippen MR) is 132 cm³/mol. The summed E-state index contributed by atoms with van der Waals surface area (Å²) in [6.07, 6.45) is 1.02. The average Bonchev–Trinajstić information content (AvgIpc) is 3.13. The fourth-order valence-electron chi connectivity index (χ4n) is 5.07. The zero-order valence-electron chi connectivity index (χ0n) is 19.3. The van der Waals surface area contributed by atoms with Crippen molar-refractivity contribution >= 4 is 23.7 Å². The highest BCUT2D eigenvalue weighted by molar-refractivity contribution is 6.05. The van der Waals surface area contributed by atoms with E-state index in [1.54, 1.807) is 25.1 Å². The monoisotopic (exact) mass is 470 g/mol. The Morgan fingerprint density at radius 2 is 1.57 bits per heavy atom. The molecule has 3 aromatic carbocycles. The van der Waals surface area contributed by atoms with E-state index in [0.29, 0.717) is 18.4 Å². The molecule has 7 nitrogen and oxygen atoms in total. The molecule has 2 aliphatic carbocycles. The lowest BCUT2D eigenvalue weighted by atomic mass is 9.76. The van der Waals surface area contributed by atoms with Gasteiger partial charge in [-0.15, -0.1) is 0 Å². The molecule has 3 aromatic rings. The summed E-state index contributed by atoms with van der Waals surface area (Å²) >= 11 is 0. The summed E-state index contributed by atoms with van der Waals surface area (Å²) in [5, 5.41) is 15.0. The largest absolute Gasteiger partial charge is 0.478 e. The Hall–Kier alpha value is -4.13. The molecule has 7 heteroatoms. The number of rotatable bonds is 6. The van der Waals surface area contributed by atoms with Crippen LogP contribution in [0.2, 0.25) is 0 Å². The first kappa shape index (κ1) is 22.7. The summed E-state index contributed by atoms with van der Waals surface area (Å²) in [7, 11) is 0. The molecule has 5 rings (SSSR count). The molecule has 0 unspecified atom stereocenters. The molecule has 0 aromatic heterocycles. The lowest BCUT2D eigenvalue weighted by molar-refractivity contribution is -0.125. The zero-order valence-corrected chi connectivity index (χ0v) is 19.3. The third kappa shape index (κ3) is 4.03. The Kier molecular flexibility index (Phi) is 5.76. The van der Waals surface area contributed by atoms with Crippen molar-refractivity contribution in [1.29, 1.82) is 0 Å². The molecule has 0 atom stereocenters. The molecular weight excluding hydrogens is 444 g/mol. The predicted octanol–water partition coefficient (Wildman–Crippen LogP) is 5.09. The van der Waals surface area contributed by atoms with E-state index in [4.69, 9.17) is 4.74 Å². The van der Waals surface area contributed by atoms with E-state index in [9.17, 15) is 19.5 Å². The Labute approximate surface area is 203 Å². The Balaban J connectivity index is 1.28. The van der Waals surface area contributed by atoms with Crippen LogP contribution in [0.25, 0.3) is 11.1 Å². The van der Waals surface area contributed by atoms with Crippen molar-refractivity contribution < 1.29 is 24.2 Å². The third-order valence-corrected chi connectivity index (χ3v) is 7.06. The molecule has 0 saturated heterocycles. The maximum atomic E-state index is 13.2. The molecule has 3 N–H and O–H groups in total. The molecule has 1 fully saturated rings. The van der Waals surface area contributed by atoms with Gasteiger partial charge in [0.1, 0.15) is 12.1 Å². The van der Waals surface area contributed by atoms with Crippen molar-refractivity contribution in [2.24, 2.45) is 0 Å². The zero-order chi connectivity index (χ0) is 24.6. The Morgan fingerprint density at radius 3 is 2.14 bits per heavy atom. The number of hydrogen-bond donors (Lipinski definition) is 3. The molecule has 0 aliphatic heterocycles. The molecule has 2 amide bonds. The van der Waals surface area contributed by atoms with Gasteiger partial charge in [-0.3, -0.25) is 4.79 Å². The number of benzene rings is 3. The molecule has 2 aliphatic rings. The number of alkyl carbamates (subject to hydrolysis) is 1. The van der Waals surface area contributed by atoms with Crippen LogP contribution in [0.5, 0.6) is 0 Å². The second-order valence-electron chi connectivity index (χ2n) is 9.14. The number of nitrogens with one attached hydrogen (secondary N) is 2. The summed E-state index contributed by atoms with van der Waals surface area (Å²) in [4.78, 5) is 37.6. The van der Waals surface area contributed by atoms with E-state index < -0.39 is 23.5 Å². The van der Waals surface area contributed by atoms with Gasteiger partial charge in [0, 0.05) is 5.92 Å². The molecular formula is C28H26N2O5. The highest BCUT2D eigenvalue weighted by atomic mass is 16.5. The van der Waals surface area contributed by atoms with Crippen LogP contribution in [-0.2, 0) is 9.53 Å². The van der Waals surface area contributed by atoms with Gasteiger partial charge in [-0.05, 0) is 60.1 Å². The quantitative estimate of drug-likeness (QED) is 0.465. The molecule has 0 bridgehead atoms. The SMILES string of the molecule is Cc1cccc(NC(=O)C2(NC(=O)OCC3c4ccccc4-c4ccccc43)CCC2)c1C(=O)O. The minimum atomic E-state index is -1.12. The van der Waals surface area contributed by atoms with Crippen LogP contribution < -0.4 is 10.6 Å². The van der Waals surface area contributed by atoms with E-state index >= 15 is 0 Å². The minimum absolute atomic E-state index is 0.0384. The summed E-state index contributed by atoms with van der Waals surface area (Å²) < 4.78 is 5.63. The second kappa shape index (κ2) is 8.91. The van der Waals surface area contributed by atoms with E-state index in [1.165, 1.54) is 0 Å². The van der Waals surface area contributed by atoms with E-state index in [2.05, 4.69) is 22.8 Å². The number of aryl methyl sites for hydroxylation is 1. The average molecular weight is 471 g/mol. The molecule has 0 heterocycles. The first-order valence-electron chi connectivity index (χ1n) is 11.7. The van der Waals surface area contributed by atoms with Crippen molar-refractivity contribution in [3.05, 3.63) is 89.0 Å². The van der Waals surface area contributed by atoms with Crippen molar-refractivity contribution in [3.63, 3.8) is 0 Å². The molecule has 35 heavy (non-hydrogen) atoms. The van der Waals surface area contributed by atoms with E-state index in [-0.39, 0.29) is 23.8 Å². The number of anilines is 1. The van der Waals surface area contributed by atoms with Gasteiger partial charge in [0.25, 0.3) is 0 Å². The first-order valence-corrected chi connectivity index (χ1v) is 11.7. The van der Waals surface area contributed by atoms with Crippen LogP contribution >= 0.6 is 0 Å². The fourth-order valence-corrected chi connectivity index (χ4v) is 5.07. The first-order chi connectivity index (χ1) is 16.9. The molecule has 0 radical (unpaired) electrons. The van der Waals surface area contributed by atoms with Gasteiger partial charge in [0.15, 0.2) is 0 Å². The van der Waals surface area contributed by atoms with Crippen LogP contribution in [-0.4, -0.2) is 35.2 Å². The van der Waals surface area contributed by atoms with Gasteiger partial charge in [0.2, 0.25) is 5.91 Å². The Bertz CT molecular complexity index is 1280. The number of ether oxygens (including phenoxy) is 1. The smallest absolute Gasteiger partial charge is 0.408 e. The number of amides is 2. The van der Waals surface area contributed by atoms with Gasteiger partial charge in [-0.1, -0.05) is 60.7 Å². The highest BCUT2D eigenvalue weighted by Crippen LogP contribution is 2.44. The standard InChI is InChI=1S/C28H26N2O5/c1-17-8-6-13-23(24(17)25(31)32)29-26(33)28(14-7-15-28)30-27(34)35-16-22-20-11-4-2-9-18(20)19-10-3-5-12-21(19)22/h2-6,8-13,22H,7,14-16H2,1H3,(H,29,33)(H,30,34)(H,31,32).